The number of benzene rings is 3. The Morgan fingerprint density at radius 2 is 1.86 bits per heavy atom. The first kappa shape index (κ1) is 18.7. The van der Waals surface area contributed by atoms with E-state index in [1.807, 2.05) is 34.9 Å². The van der Waals surface area contributed by atoms with Gasteiger partial charge in [-0.1, -0.05) is 36.4 Å². The molecule has 4 aromatic rings. The van der Waals surface area contributed by atoms with Crippen LogP contribution < -0.4 is 10.1 Å². The van der Waals surface area contributed by atoms with Crippen molar-refractivity contribution in [2.45, 2.75) is 13.1 Å². The zero-order valence-electron chi connectivity index (χ0n) is 15.9. The van der Waals surface area contributed by atoms with Gasteiger partial charge in [-0.3, -0.25) is 4.79 Å². The maximum atomic E-state index is 14.2. The number of carbonyl (C=O) groups excluding carboxylic acids is 1. The molecule has 0 fully saturated rings. The Morgan fingerprint density at radius 3 is 2.69 bits per heavy atom. The van der Waals surface area contributed by atoms with Crippen molar-refractivity contribution >= 4 is 16.9 Å². The first-order chi connectivity index (χ1) is 14.2. The molecule has 3 aromatic carbocycles. The number of aromatic nitrogens is 2. The summed E-state index contributed by atoms with van der Waals surface area (Å²) in [5.41, 5.74) is 2.76. The molecule has 5 nitrogen and oxygen atoms in total. The van der Waals surface area contributed by atoms with E-state index in [0.717, 1.165) is 11.0 Å². The summed E-state index contributed by atoms with van der Waals surface area (Å²) in [4.78, 5) is 17.2. The number of rotatable bonds is 6. The number of hydrogen-bond donors (Lipinski definition) is 1. The van der Waals surface area contributed by atoms with E-state index in [1.165, 1.54) is 6.07 Å². The molecular formula is C23H20FN3O2. The van der Waals surface area contributed by atoms with Crippen LogP contribution in [0, 0.1) is 5.82 Å². The first-order valence-corrected chi connectivity index (χ1v) is 9.25. The Hall–Kier alpha value is -3.67. The Kier molecular flexibility index (Phi) is 5.24. The van der Waals surface area contributed by atoms with E-state index in [-0.39, 0.29) is 18.3 Å². The maximum Gasteiger partial charge on any atom is 0.251 e. The van der Waals surface area contributed by atoms with E-state index in [0.29, 0.717) is 29.2 Å². The highest BCUT2D eigenvalue weighted by Crippen LogP contribution is 2.19. The molecular weight excluding hydrogens is 369 g/mol. The van der Waals surface area contributed by atoms with Gasteiger partial charge >= 0.3 is 0 Å². The Morgan fingerprint density at radius 1 is 1.07 bits per heavy atom. The fraction of sp³-hybridized carbons (Fsp3) is 0.130. The molecule has 6 heteroatoms. The van der Waals surface area contributed by atoms with Gasteiger partial charge in [0.2, 0.25) is 0 Å². The van der Waals surface area contributed by atoms with E-state index in [2.05, 4.69) is 10.3 Å². The number of fused-ring (bicyclic) bond motifs is 1. The SMILES string of the molecule is COc1cccc(C(=O)NCc2nc3ccccc3n2Cc2ccccc2F)c1. The molecule has 1 heterocycles. The Balaban J connectivity index is 1.61. The second-order valence-electron chi connectivity index (χ2n) is 6.61. The largest absolute Gasteiger partial charge is 0.497 e. The Labute approximate surface area is 167 Å². The summed E-state index contributed by atoms with van der Waals surface area (Å²) in [6, 6.07) is 21.3. The van der Waals surface area contributed by atoms with Gasteiger partial charge in [0.05, 0.1) is 31.2 Å². The molecule has 0 saturated heterocycles. The van der Waals surface area contributed by atoms with Crippen molar-refractivity contribution in [3.8, 4) is 5.75 Å². The summed E-state index contributed by atoms with van der Waals surface area (Å²) < 4.78 is 21.3. The molecule has 1 aromatic heterocycles. The topological polar surface area (TPSA) is 56.1 Å². The molecule has 146 valence electrons. The molecule has 29 heavy (non-hydrogen) atoms. The number of imidazole rings is 1. The lowest BCUT2D eigenvalue weighted by molar-refractivity contribution is 0.0949. The van der Waals surface area contributed by atoms with Gasteiger partial charge in [-0.15, -0.1) is 0 Å². The number of hydrogen-bond acceptors (Lipinski definition) is 3. The molecule has 1 N–H and O–H groups in total. The van der Waals surface area contributed by atoms with E-state index in [1.54, 1.807) is 43.5 Å². The van der Waals surface area contributed by atoms with Gasteiger partial charge in [-0.25, -0.2) is 9.37 Å². The molecule has 1 amide bonds. The third-order valence-corrected chi connectivity index (χ3v) is 4.76. The molecule has 0 aliphatic heterocycles. The van der Waals surface area contributed by atoms with Crippen LogP contribution >= 0.6 is 0 Å². The van der Waals surface area contributed by atoms with Gasteiger partial charge in [0.15, 0.2) is 0 Å². The second-order valence-corrected chi connectivity index (χ2v) is 6.61. The third-order valence-electron chi connectivity index (χ3n) is 4.76. The van der Waals surface area contributed by atoms with Crippen LogP contribution in [-0.4, -0.2) is 22.6 Å². The van der Waals surface area contributed by atoms with Crippen molar-refractivity contribution < 1.29 is 13.9 Å². The van der Waals surface area contributed by atoms with Crippen molar-refractivity contribution in [3.63, 3.8) is 0 Å². The van der Waals surface area contributed by atoms with E-state index in [9.17, 15) is 9.18 Å². The fourth-order valence-corrected chi connectivity index (χ4v) is 3.26. The van der Waals surface area contributed by atoms with Crippen molar-refractivity contribution in [2.24, 2.45) is 0 Å². The normalized spacial score (nSPS) is 10.8. The van der Waals surface area contributed by atoms with Crippen LogP contribution in [0.2, 0.25) is 0 Å². The highest BCUT2D eigenvalue weighted by molar-refractivity contribution is 5.94. The van der Waals surface area contributed by atoms with Crippen molar-refractivity contribution in [1.82, 2.24) is 14.9 Å². The summed E-state index contributed by atoms with van der Waals surface area (Å²) in [5.74, 6) is 0.778. The van der Waals surface area contributed by atoms with Crippen LogP contribution in [0.3, 0.4) is 0 Å². The number of methoxy groups -OCH3 is 1. The standard InChI is InChI=1S/C23H20FN3O2/c1-29-18-9-6-8-16(13-18)23(28)25-14-22-26-20-11-4-5-12-21(20)27(22)15-17-7-2-3-10-19(17)24/h2-13H,14-15H2,1H3,(H,25,28). The molecule has 0 atom stereocenters. The van der Waals surface area contributed by atoms with Crippen molar-refractivity contribution in [1.29, 1.82) is 0 Å². The second kappa shape index (κ2) is 8.14. The number of halogens is 1. The third kappa shape index (κ3) is 3.96. The number of amides is 1. The molecule has 0 radical (unpaired) electrons. The quantitative estimate of drug-likeness (QED) is 0.539. The van der Waals surface area contributed by atoms with Crippen LogP contribution in [0.25, 0.3) is 11.0 Å². The number of carbonyl (C=O) groups is 1. The van der Waals surface area contributed by atoms with Gasteiger partial charge in [0.1, 0.15) is 17.4 Å². The minimum absolute atomic E-state index is 0.221. The number of nitrogens with one attached hydrogen (secondary N) is 1. The van der Waals surface area contributed by atoms with Crippen LogP contribution in [0.4, 0.5) is 4.39 Å². The van der Waals surface area contributed by atoms with Crippen LogP contribution in [0.1, 0.15) is 21.7 Å². The molecule has 0 saturated carbocycles. The van der Waals surface area contributed by atoms with Crippen molar-refractivity contribution in [3.05, 3.63) is 95.6 Å². The maximum absolute atomic E-state index is 14.2. The average Bonchev–Trinajstić information content (AvgIpc) is 3.11. The summed E-state index contributed by atoms with van der Waals surface area (Å²) in [5, 5.41) is 2.90. The summed E-state index contributed by atoms with van der Waals surface area (Å²) >= 11 is 0. The minimum atomic E-state index is -0.267. The lowest BCUT2D eigenvalue weighted by Gasteiger charge is -2.11. The monoisotopic (exact) mass is 389 g/mol. The predicted molar refractivity (Wildman–Crippen MR) is 109 cm³/mol. The highest BCUT2D eigenvalue weighted by atomic mass is 19.1. The zero-order chi connectivity index (χ0) is 20.2. The van der Waals surface area contributed by atoms with E-state index in [4.69, 9.17) is 4.74 Å². The van der Waals surface area contributed by atoms with Crippen molar-refractivity contribution in [2.75, 3.05) is 7.11 Å². The lowest BCUT2D eigenvalue weighted by atomic mass is 10.2. The Bertz CT molecular complexity index is 1170. The molecule has 0 bridgehead atoms. The first-order valence-electron chi connectivity index (χ1n) is 9.25. The molecule has 0 aliphatic carbocycles. The molecule has 0 aliphatic rings. The highest BCUT2D eigenvalue weighted by Gasteiger charge is 2.14. The van der Waals surface area contributed by atoms with Crippen LogP contribution in [0.15, 0.2) is 72.8 Å². The number of ether oxygens (including phenoxy) is 1. The number of nitrogens with zero attached hydrogens (tertiary/aromatic N) is 2. The minimum Gasteiger partial charge on any atom is -0.497 e. The zero-order valence-corrected chi connectivity index (χ0v) is 15.9. The van der Waals surface area contributed by atoms with Gasteiger partial charge in [0.25, 0.3) is 5.91 Å². The van der Waals surface area contributed by atoms with Gasteiger partial charge in [0, 0.05) is 11.1 Å². The van der Waals surface area contributed by atoms with E-state index < -0.39 is 0 Å². The average molecular weight is 389 g/mol. The predicted octanol–water partition coefficient (Wildman–Crippen LogP) is 4.16. The summed E-state index contributed by atoms with van der Waals surface area (Å²) in [6.45, 7) is 0.552. The molecule has 0 unspecified atom stereocenters. The van der Waals surface area contributed by atoms with Crippen LogP contribution in [0.5, 0.6) is 5.75 Å². The summed E-state index contributed by atoms with van der Waals surface area (Å²) in [7, 11) is 1.56. The lowest BCUT2D eigenvalue weighted by Crippen LogP contribution is -2.25. The number of para-hydroxylation sites is 2. The molecule has 0 spiro atoms. The van der Waals surface area contributed by atoms with Gasteiger partial charge in [-0.05, 0) is 36.4 Å². The molecule has 4 rings (SSSR count). The smallest absolute Gasteiger partial charge is 0.251 e. The van der Waals surface area contributed by atoms with Gasteiger partial charge in [-0.2, -0.15) is 0 Å². The van der Waals surface area contributed by atoms with E-state index >= 15 is 0 Å². The van der Waals surface area contributed by atoms with Crippen LogP contribution in [-0.2, 0) is 13.1 Å². The van der Waals surface area contributed by atoms with Gasteiger partial charge < -0.3 is 14.6 Å². The fourth-order valence-electron chi connectivity index (χ4n) is 3.26. The summed E-state index contributed by atoms with van der Waals surface area (Å²) in [6.07, 6.45) is 0.